The first kappa shape index (κ1) is 8.32. The fourth-order valence-electron chi connectivity index (χ4n) is 0.690. The van der Waals surface area contributed by atoms with Crippen molar-refractivity contribution in [2.75, 3.05) is 0 Å². The third kappa shape index (κ3) is 1.83. The summed E-state index contributed by atoms with van der Waals surface area (Å²) in [5, 5.41) is 29.9. The molecule has 0 saturated carbocycles. The van der Waals surface area contributed by atoms with E-state index >= 15 is 0 Å². The number of hydrogen-bond acceptors (Lipinski definition) is 4. The lowest BCUT2D eigenvalue weighted by atomic mass is 9.82. The second-order valence-electron chi connectivity index (χ2n) is 2.26. The second kappa shape index (κ2) is 3.08. The Bertz CT molecular complexity index is 214. The summed E-state index contributed by atoms with van der Waals surface area (Å²) in [4.78, 5) is 0. The van der Waals surface area contributed by atoms with E-state index in [4.69, 9.17) is 15.1 Å². The minimum atomic E-state index is -1.53. The van der Waals surface area contributed by atoms with Crippen LogP contribution in [0.5, 0.6) is 0 Å². The molecule has 5 nitrogen and oxygen atoms in total. The monoisotopic (exact) mass is 154 g/mol. The van der Waals surface area contributed by atoms with Crippen molar-refractivity contribution in [2.24, 2.45) is 0 Å². The van der Waals surface area contributed by atoms with Crippen LogP contribution in [0.15, 0.2) is 12.4 Å². The molecule has 1 aromatic heterocycles. The lowest BCUT2D eigenvalue weighted by molar-refractivity contribution is 0.426. The van der Waals surface area contributed by atoms with Gasteiger partial charge in [0.25, 0.3) is 0 Å². The Labute approximate surface area is 64.6 Å². The van der Waals surface area contributed by atoms with Gasteiger partial charge in [0.1, 0.15) is 0 Å². The lowest BCUT2D eigenvalue weighted by Gasteiger charge is -1.96. The zero-order valence-corrected chi connectivity index (χ0v) is 6.05. The van der Waals surface area contributed by atoms with Gasteiger partial charge in [-0.2, -0.15) is 5.10 Å². The molecule has 11 heavy (non-hydrogen) atoms. The number of aromatic nitrogens is 2. The van der Waals surface area contributed by atoms with Crippen molar-refractivity contribution in [3.63, 3.8) is 0 Å². The Morgan fingerprint density at radius 2 is 2.09 bits per heavy atom. The van der Waals surface area contributed by atoms with E-state index in [9.17, 15) is 0 Å². The van der Waals surface area contributed by atoms with Crippen molar-refractivity contribution >= 4 is 19.6 Å². The van der Waals surface area contributed by atoms with Gasteiger partial charge in [-0.25, -0.2) is 0 Å². The van der Waals surface area contributed by atoms with Gasteiger partial charge in [-0.05, 0) is 6.82 Å². The molecule has 0 aliphatic rings. The van der Waals surface area contributed by atoms with Gasteiger partial charge in [-0.1, -0.05) is 0 Å². The first-order valence-corrected chi connectivity index (χ1v) is 3.19. The Morgan fingerprint density at radius 1 is 1.45 bits per heavy atom. The summed E-state index contributed by atoms with van der Waals surface area (Å²) in [5.41, 5.74) is 0.269. The molecule has 0 spiro atoms. The summed E-state index contributed by atoms with van der Waals surface area (Å²) in [6, 6.07) is 0. The molecule has 0 atom stereocenters. The van der Waals surface area contributed by atoms with Crippen LogP contribution in [0.2, 0.25) is 6.82 Å². The molecule has 1 rings (SSSR count). The first-order valence-electron chi connectivity index (χ1n) is 3.19. The summed E-state index contributed by atoms with van der Waals surface area (Å²) in [7, 11) is -2.27. The molecule has 0 fully saturated rings. The summed E-state index contributed by atoms with van der Waals surface area (Å²) in [6.07, 6.45) is 2.66. The molecule has 0 radical (unpaired) electrons. The highest BCUT2D eigenvalue weighted by Crippen LogP contribution is 1.84. The van der Waals surface area contributed by atoms with Crippen molar-refractivity contribution in [3.05, 3.63) is 12.4 Å². The molecule has 7 heteroatoms. The van der Waals surface area contributed by atoms with Gasteiger partial charge in [-0.15, -0.1) is 0 Å². The highest BCUT2D eigenvalue weighted by molar-refractivity contribution is 6.58. The van der Waals surface area contributed by atoms with Gasteiger partial charge < -0.3 is 15.1 Å². The highest BCUT2D eigenvalue weighted by atomic mass is 16.4. The predicted octanol–water partition coefficient (Wildman–Crippen LogP) is -2.48. The highest BCUT2D eigenvalue weighted by Gasteiger charge is 2.15. The fourth-order valence-corrected chi connectivity index (χ4v) is 0.690. The topological polar surface area (TPSA) is 78.5 Å². The first-order chi connectivity index (χ1) is 5.11. The third-order valence-corrected chi connectivity index (χ3v) is 1.30. The van der Waals surface area contributed by atoms with Crippen LogP contribution in [0.25, 0.3) is 0 Å². The van der Waals surface area contributed by atoms with Crippen molar-refractivity contribution in [1.29, 1.82) is 0 Å². The summed E-state index contributed by atoms with van der Waals surface area (Å²) in [5.74, 6) is 0. The van der Waals surface area contributed by atoms with E-state index in [2.05, 4.69) is 5.10 Å². The van der Waals surface area contributed by atoms with Gasteiger partial charge in [-0.3, -0.25) is 4.59 Å². The van der Waals surface area contributed by atoms with E-state index < -0.39 is 14.2 Å². The predicted molar refractivity (Wildman–Crippen MR) is 41.3 cm³/mol. The molecule has 3 N–H and O–H groups in total. The molecule has 0 saturated heterocycles. The average Bonchev–Trinajstić information content (AvgIpc) is 2.33. The molecule has 0 unspecified atom stereocenters. The van der Waals surface area contributed by atoms with Crippen molar-refractivity contribution in [1.82, 2.24) is 9.69 Å². The summed E-state index contributed by atoms with van der Waals surface area (Å²) in [6.45, 7) is 1.53. The summed E-state index contributed by atoms with van der Waals surface area (Å²) >= 11 is 0. The fraction of sp³-hybridized carbons (Fsp3) is 0.250. The van der Waals surface area contributed by atoms with Crippen LogP contribution in [0.3, 0.4) is 0 Å². The Balaban J connectivity index is 2.82. The molecule has 0 aliphatic heterocycles. The second-order valence-corrected chi connectivity index (χ2v) is 2.26. The standard InChI is InChI=1S/C4H8B2N2O3/c1-5(9)8-3-4(2-7-8)6(10)11/h2-3,9-11H,1H3. The molecule has 0 aromatic carbocycles. The Hall–Kier alpha value is -0.780. The van der Waals surface area contributed by atoms with Crippen LogP contribution in [-0.4, -0.2) is 38.9 Å². The van der Waals surface area contributed by atoms with E-state index in [0.717, 1.165) is 0 Å². The van der Waals surface area contributed by atoms with Gasteiger partial charge in [0.15, 0.2) is 0 Å². The van der Waals surface area contributed by atoms with Crippen LogP contribution < -0.4 is 5.46 Å². The van der Waals surface area contributed by atoms with E-state index in [-0.39, 0.29) is 5.46 Å². The average molecular weight is 154 g/mol. The van der Waals surface area contributed by atoms with Crippen LogP contribution >= 0.6 is 0 Å². The molecule has 0 amide bonds. The van der Waals surface area contributed by atoms with E-state index in [1.165, 1.54) is 23.8 Å². The maximum atomic E-state index is 8.96. The van der Waals surface area contributed by atoms with E-state index in [1.54, 1.807) is 0 Å². The molecule has 1 aromatic rings. The van der Waals surface area contributed by atoms with Crippen molar-refractivity contribution in [2.45, 2.75) is 6.82 Å². The molecule has 0 bridgehead atoms. The van der Waals surface area contributed by atoms with Crippen molar-refractivity contribution < 1.29 is 15.1 Å². The quantitative estimate of drug-likeness (QED) is 0.412. The van der Waals surface area contributed by atoms with Gasteiger partial charge in [0.05, 0.1) is 0 Å². The van der Waals surface area contributed by atoms with Crippen LogP contribution in [-0.2, 0) is 0 Å². The number of rotatable bonds is 2. The van der Waals surface area contributed by atoms with E-state index in [0.29, 0.717) is 0 Å². The number of hydrogen-bond donors (Lipinski definition) is 3. The maximum absolute atomic E-state index is 8.96. The molecule has 1 heterocycles. The third-order valence-electron chi connectivity index (χ3n) is 1.30. The van der Waals surface area contributed by atoms with Crippen molar-refractivity contribution in [3.8, 4) is 0 Å². The minimum Gasteiger partial charge on any atom is -0.431 e. The molecule has 0 aliphatic carbocycles. The zero-order valence-electron chi connectivity index (χ0n) is 6.05. The maximum Gasteiger partial charge on any atom is 0.491 e. The molecule has 58 valence electrons. The Kier molecular flexibility index (Phi) is 2.33. The molecular weight excluding hydrogens is 146 g/mol. The van der Waals surface area contributed by atoms with Gasteiger partial charge in [0, 0.05) is 17.9 Å². The smallest absolute Gasteiger partial charge is 0.431 e. The zero-order chi connectivity index (χ0) is 8.43. The Morgan fingerprint density at radius 3 is 2.36 bits per heavy atom. The number of nitrogens with zero attached hydrogens (tertiary/aromatic N) is 2. The normalized spacial score (nSPS) is 9.82. The SMILES string of the molecule is CB(O)n1cc(B(O)O)cn1. The largest absolute Gasteiger partial charge is 0.491 e. The van der Waals surface area contributed by atoms with Crippen LogP contribution in [0.1, 0.15) is 0 Å². The molecular formula is C4H8B2N2O3. The van der Waals surface area contributed by atoms with Gasteiger partial charge in [0.2, 0.25) is 0 Å². The van der Waals surface area contributed by atoms with Crippen LogP contribution in [0.4, 0.5) is 0 Å². The van der Waals surface area contributed by atoms with E-state index in [1.807, 2.05) is 0 Å². The van der Waals surface area contributed by atoms with Gasteiger partial charge >= 0.3 is 14.2 Å². The summed E-state index contributed by atoms with van der Waals surface area (Å²) < 4.78 is 1.23. The van der Waals surface area contributed by atoms with Crippen LogP contribution in [0, 0.1) is 0 Å². The minimum absolute atomic E-state index is 0.269. The lowest BCUT2D eigenvalue weighted by Crippen LogP contribution is -2.29.